The smallest absolute Gasteiger partial charge is 0.307 e. The van der Waals surface area contributed by atoms with Gasteiger partial charge in [0.1, 0.15) is 5.76 Å². The van der Waals surface area contributed by atoms with Crippen molar-refractivity contribution < 1.29 is 13.9 Å². The third kappa shape index (κ3) is 3.18. The van der Waals surface area contributed by atoms with Crippen LogP contribution in [0.1, 0.15) is 22.9 Å². The van der Waals surface area contributed by atoms with Crippen molar-refractivity contribution in [1.29, 1.82) is 0 Å². The van der Waals surface area contributed by atoms with Gasteiger partial charge in [-0.05, 0) is 13.3 Å². The lowest BCUT2D eigenvalue weighted by molar-refractivity contribution is 0.0912. The lowest BCUT2D eigenvalue weighted by Crippen LogP contribution is -2.25. The summed E-state index contributed by atoms with van der Waals surface area (Å²) in [5.74, 6) is 0.459. The van der Waals surface area contributed by atoms with Crippen molar-refractivity contribution >= 4 is 5.91 Å². The Bertz CT molecular complexity index is 296. The summed E-state index contributed by atoms with van der Waals surface area (Å²) in [5, 5.41) is 2.67. The van der Waals surface area contributed by atoms with Crippen molar-refractivity contribution in [2.75, 3.05) is 20.3 Å². The number of ether oxygens (including phenoxy) is 1. The molecule has 0 saturated heterocycles. The Morgan fingerprint density at radius 2 is 2.50 bits per heavy atom. The molecule has 1 aromatic heterocycles. The van der Waals surface area contributed by atoms with E-state index in [1.54, 1.807) is 14.0 Å². The average Bonchev–Trinajstić information content (AvgIpc) is 2.59. The van der Waals surface area contributed by atoms with Gasteiger partial charge in [0.2, 0.25) is 0 Å². The van der Waals surface area contributed by atoms with E-state index in [1.165, 1.54) is 6.20 Å². The van der Waals surface area contributed by atoms with E-state index >= 15 is 0 Å². The topological polar surface area (TPSA) is 64.4 Å². The van der Waals surface area contributed by atoms with Crippen molar-refractivity contribution in [1.82, 2.24) is 10.3 Å². The lowest BCUT2D eigenvalue weighted by Gasteiger charge is -2.00. The number of hydrogen-bond donors (Lipinski definition) is 1. The number of aromatic nitrogens is 1. The molecule has 1 heterocycles. The Hall–Kier alpha value is -1.36. The lowest BCUT2D eigenvalue weighted by atomic mass is 10.4. The number of nitrogens with one attached hydrogen (secondary N) is 1. The zero-order valence-electron chi connectivity index (χ0n) is 8.37. The van der Waals surface area contributed by atoms with E-state index in [0.29, 0.717) is 18.9 Å². The molecule has 5 nitrogen and oxygen atoms in total. The summed E-state index contributed by atoms with van der Waals surface area (Å²) in [7, 11) is 1.62. The van der Waals surface area contributed by atoms with Gasteiger partial charge in [-0.2, -0.15) is 0 Å². The fourth-order valence-corrected chi connectivity index (χ4v) is 0.954. The van der Waals surface area contributed by atoms with E-state index < -0.39 is 0 Å². The molecular formula is C9H14N2O3. The van der Waals surface area contributed by atoms with Crippen LogP contribution in [0.3, 0.4) is 0 Å². The highest BCUT2D eigenvalue weighted by atomic mass is 16.5. The summed E-state index contributed by atoms with van der Waals surface area (Å²) >= 11 is 0. The SMILES string of the molecule is COCCCNC(=O)c1ncc(C)o1. The first-order chi connectivity index (χ1) is 6.74. The zero-order chi connectivity index (χ0) is 10.4. The molecule has 1 aromatic rings. The van der Waals surface area contributed by atoms with Gasteiger partial charge in [-0.3, -0.25) is 4.79 Å². The number of oxazole rings is 1. The van der Waals surface area contributed by atoms with Gasteiger partial charge in [0.05, 0.1) is 6.20 Å². The van der Waals surface area contributed by atoms with Crippen LogP contribution in [-0.4, -0.2) is 31.2 Å². The van der Waals surface area contributed by atoms with Crippen LogP contribution in [0.25, 0.3) is 0 Å². The molecule has 0 unspecified atom stereocenters. The average molecular weight is 198 g/mol. The highest BCUT2D eigenvalue weighted by Crippen LogP contribution is 2.00. The minimum absolute atomic E-state index is 0.111. The second kappa shape index (κ2) is 5.39. The van der Waals surface area contributed by atoms with Crippen molar-refractivity contribution in [2.24, 2.45) is 0 Å². The Balaban J connectivity index is 2.29. The maximum absolute atomic E-state index is 11.3. The third-order valence-electron chi connectivity index (χ3n) is 1.63. The molecule has 0 saturated carbocycles. The van der Waals surface area contributed by atoms with Crippen LogP contribution >= 0.6 is 0 Å². The Labute approximate surface area is 82.5 Å². The van der Waals surface area contributed by atoms with Crippen LogP contribution < -0.4 is 5.32 Å². The number of carbonyl (C=O) groups is 1. The maximum atomic E-state index is 11.3. The molecule has 5 heteroatoms. The van der Waals surface area contributed by atoms with Crippen LogP contribution in [0.4, 0.5) is 0 Å². The van der Waals surface area contributed by atoms with E-state index in [-0.39, 0.29) is 11.8 Å². The number of nitrogens with zero attached hydrogens (tertiary/aromatic N) is 1. The molecule has 1 rings (SSSR count). The van der Waals surface area contributed by atoms with E-state index in [1.807, 2.05) is 0 Å². The highest BCUT2D eigenvalue weighted by molar-refractivity contribution is 5.89. The summed E-state index contributed by atoms with van der Waals surface area (Å²) in [5.41, 5.74) is 0. The van der Waals surface area contributed by atoms with E-state index in [0.717, 1.165) is 6.42 Å². The quantitative estimate of drug-likeness (QED) is 0.709. The summed E-state index contributed by atoms with van der Waals surface area (Å²) in [6.45, 7) is 2.94. The summed E-state index contributed by atoms with van der Waals surface area (Å²) in [4.78, 5) is 15.1. The van der Waals surface area contributed by atoms with Gasteiger partial charge in [-0.25, -0.2) is 4.98 Å². The summed E-state index contributed by atoms with van der Waals surface area (Å²) in [6.07, 6.45) is 2.30. The number of hydrogen-bond acceptors (Lipinski definition) is 4. The predicted molar refractivity (Wildman–Crippen MR) is 50.1 cm³/mol. The molecule has 78 valence electrons. The molecule has 0 bridgehead atoms. The molecule has 0 aromatic carbocycles. The molecular weight excluding hydrogens is 184 g/mol. The largest absolute Gasteiger partial charge is 0.438 e. The number of methoxy groups -OCH3 is 1. The number of carbonyl (C=O) groups excluding carboxylic acids is 1. The van der Waals surface area contributed by atoms with E-state index in [2.05, 4.69) is 10.3 Å². The maximum Gasteiger partial charge on any atom is 0.307 e. The molecule has 0 aliphatic rings. The molecule has 14 heavy (non-hydrogen) atoms. The van der Waals surface area contributed by atoms with Gasteiger partial charge in [-0.1, -0.05) is 0 Å². The zero-order valence-corrected chi connectivity index (χ0v) is 8.37. The molecule has 1 amide bonds. The standard InChI is InChI=1S/C9H14N2O3/c1-7-6-11-9(14-7)8(12)10-4-3-5-13-2/h6H,3-5H2,1-2H3,(H,10,12). The highest BCUT2D eigenvalue weighted by Gasteiger charge is 2.10. The number of rotatable bonds is 5. The number of aryl methyl sites for hydroxylation is 1. The van der Waals surface area contributed by atoms with Gasteiger partial charge in [0.15, 0.2) is 0 Å². The Morgan fingerprint density at radius 1 is 1.71 bits per heavy atom. The first-order valence-electron chi connectivity index (χ1n) is 4.43. The van der Waals surface area contributed by atoms with Crippen LogP contribution in [0.5, 0.6) is 0 Å². The molecule has 0 spiro atoms. The van der Waals surface area contributed by atoms with Crippen LogP contribution in [-0.2, 0) is 4.74 Å². The van der Waals surface area contributed by atoms with Crippen molar-refractivity contribution in [2.45, 2.75) is 13.3 Å². The van der Waals surface area contributed by atoms with Crippen molar-refractivity contribution in [3.8, 4) is 0 Å². The molecule has 0 aliphatic carbocycles. The van der Waals surface area contributed by atoms with Crippen LogP contribution in [0.15, 0.2) is 10.6 Å². The van der Waals surface area contributed by atoms with E-state index in [9.17, 15) is 4.79 Å². The molecule has 0 atom stereocenters. The fraction of sp³-hybridized carbons (Fsp3) is 0.556. The van der Waals surface area contributed by atoms with Gasteiger partial charge in [-0.15, -0.1) is 0 Å². The van der Waals surface area contributed by atoms with Crippen LogP contribution in [0.2, 0.25) is 0 Å². The normalized spacial score (nSPS) is 10.1. The Kier molecular flexibility index (Phi) is 4.12. The van der Waals surface area contributed by atoms with Gasteiger partial charge >= 0.3 is 5.91 Å². The molecule has 0 aliphatic heterocycles. The number of amides is 1. The third-order valence-corrected chi connectivity index (χ3v) is 1.63. The second-order valence-corrected chi connectivity index (χ2v) is 2.88. The summed E-state index contributed by atoms with van der Waals surface area (Å²) < 4.78 is 9.89. The predicted octanol–water partition coefficient (Wildman–Crippen LogP) is 0.749. The van der Waals surface area contributed by atoms with Gasteiger partial charge in [0.25, 0.3) is 5.89 Å². The van der Waals surface area contributed by atoms with E-state index in [4.69, 9.17) is 9.15 Å². The minimum Gasteiger partial charge on any atom is -0.438 e. The summed E-state index contributed by atoms with van der Waals surface area (Å²) in [6, 6.07) is 0. The Morgan fingerprint density at radius 3 is 3.07 bits per heavy atom. The fourth-order valence-electron chi connectivity index (χ4n) is 0.954. The van der Waals surface area contributed by atoms with Gasteiger partial charge < -0.3 is 14.5 Å². The molecule has 0 fully saturated rings. The first-order valence-corrected chi connectivity index (χ1v) is 4.43. The molecule has 1 N–H and O–H groups in total. The monoisotopic (exact) mass is 198 g/mol. The van der Waals surface area contributed by atoms with Crippen molar-refractivity contribution in [3.63, 3.8) is 0 Å². The minimum atomic E-state index is -0.283. The second-order valence-electron chi connectivity index (χ2n) is 2.88. The molecule has 0 radical (unpaired) electrons. The van der Waals surface area contributed by atoms with Crippen LogP contribution in [0, 0.1) is 6.92 Å². The van der Waals surface area contributed by atoms with Gasteiger partial charge in [0, 0.05) is 20.3 Å². The first kappa shape index (κ1) is 10.7. The van der Waals surface area contributed by atoms with Crippen molar-refractivity contribution in [3.05, 3.63) is 17.8 Å².